The molecule has 2 aliphatic rings. The van der Waals surface area contributed by atoms with E-state index in [0.717, 1.165) is 74.7 Å². The maximum absolute atomic E-state index is 14.1. The first-order valence-corrected chi connectivity index (χ1v) is 17.6. The second-order valence-corrected chi connectivity index (χ2v) is 12.9. The van der Waals surface area contributed by atoms with E-state index in [1.165, 1.54) is 51.4 Å². The number of benzene rings is 2. The summed E-state index contributed by atoms with van der Waals surface area (Å²) in [5.41, 5.74) is 1.48. The van der Waals surface area contributed by atoms with Crippen molar-refractivity contribution in [2.75, 3.05) is 52.5 Å². The van der Waals surface area contributed by atoms with Crippen molar-refractivity contribution in [3.05, 3.63) is 59.7 Å². The zero-order chi connectivity index (χ0) is 31.0. The van der Waals surface area contributed by atoms with Crippen molar-refractivity contribution in [3.8, 4) is 11.5 Å². The Morgan fingerprint density at radius 1 is 0.568 bits per heavy atom. The molecule has 0 bridgehead atoms. The van der Waals surface area contributed by atoms with E-state index in [4.69, 9.17) is 9.47 Å². The van der Waals surface area contributed by atoms with Gasteiger partial charge in [0.1, 0.15) is 11.5 Å². The van der Waals surface area contributed by atoms with Crippen LogP contribution in [0.1, 0.15) is 112 Å². The van der Waals surface area contributed by atoms with E-state index in [-0.39, 0.29) is 23.4 Å². The molecule has 0 aliphatic carbocycles. The van der Waals surface area contributed by atoms with Crippen molar-refractivity contribution in [2.24, 2.45) is 11.8 Å². The van der Waals surface area contributed by atoms with E-state index < -0.39 is 0 Å². The van der Waals surface area contributed by atoms with Crippen LogP contribution in [0, 0.1) is 11.8 Å². The lowest BCUT2D eigenvalue weighted by Crippen LogP contribution is -2.37. The number of rotatable bonds is 17. The Labute approximate surface area is 266 Å². The number of Topliss-reactive ketones (excluding diaryl/α,β-unsaturated/α-hetero) is 2. The Kier molecular flexibility index (Phi) is 14.7. The first-order chi connectivity index (χ1) is 21.6. The van der Waals surface area contributed by atoms with Gasteiger partial charge in [-0.25, -0.2) is 0 Å². The molecule has 0 aromatic heterocycles. The largest absolute Gasteiger partial charge is 0.494 e. The number of carbonyl (C=O) groups excluding carboxylic acids is 2. The zero-order valence-electron chi connectivity index (χ0n) is 27.4. The number of hydrogen-bond acceptors (Lipinski definition) is 6. The molecule has 2 unspecified atom stereocenters. The van der Waals surface area contributed by atoms with Gasteiger partial charge in [-0.1, -0.05) is 39.5 Å². The van der Waals surface area contributed by atoms with Gasteiger partial charge >= 0.3 is 0 Å². The molecule has 0 saturated carbocycles. The molecule has 6 nitrogen and oxygen atoms in total. The van der Waals surface area contributed by atoms with Crippen LogP contribution >= 0.6 is 0 Å². The van der Waals surface area contributed by atoms with Crippen molar-refractivity contribution in [1.29, 1.82) is 0 Å². The lowest BCUT2D eigenvalue weighted by molar-refractivity contribution is 0.0810. The Morgan fingerprint density at radius 3 is 1.23 bits per heavy atom. The molecule has 2 aromatic carbocycles. The fourth-order valence-corrected chi connectivity index (χ4v) is 6.62. The quantitative estimate of drug-likeness (QED) is 0.170. The van der Waals surface area contributed by atoms with Crippen LogP contribution < -0.4 is 9.47 Å². The molecule has 242 valence electrons. The summed E-state index contributed by atoms with van der Waals surface area (Å²) in [6, 6.07) is 15.4. The molecule has 0 N–H and O–H groups in total. The van der Waals surface area contributed by atoms with Crippen LogP contribution in [0.15, 0.2) is 48.5 Å². The maximum Gasteiger partial charge on any atom is 0.167 e. The molecule has 0 radical (unpaired) electrons. The smallest absolute Gasteiger partial charge is 0.167 e. The van der Waals surface area contributed by atoms with Crippen molar-refractivity contribution in [1.82, 2.24) is 9.80 Å². The Hall–Kier alpha value is -2.70. The average molecular weight is 605 g/mol. The van der Waals surface area contributed by atoms with Crippen molar-refractivity contribution < 1.29 is 19.1 Å². The topological polar surface area (TPSA) is 59.1 Å². The van der Waals surface area contributed by atoms with Gasteiger partial charge in [0.15, 0.2) is 11.6 Å². The van der Waals surface area contributed by atoms with E-state index in [9.17, 15) is 9.59 Å². The van der Waals surface area contributed by atoms with Gasteiger partial charge in [0.2, 0.25) is 0 Å². The summed E-state index contributed by atoms with van der Waals surface area (Å²) in [4.78, 5) is 33.1. The summed E-state index contributed by atoms with van der Waals surface area (Å²) in [5.74, 6) is 1.72. The minimum atomic E-state index is -0.139. The highest BCUT2D eigenvalue weighted by Gasteiger charge is 2.29. The second kappa shape index (κ2) is 19.0. The van der Waals surface area contributed by atoms with Gasteiger partial charge in [0.05, 0.1) is 13.2 Å². The van der Waals surface area contributed by atoms with E-state index in [1.807, 2.05) is 48.5 Å². The van der Waals surface area contributed by atoms with E-state index in [1.54, 1.807) is 0 Å². The van der Waals surface area contributed by atoms with Crippen LogP contribution in [-0.4, -0.2) is 73.8 Å². The molecule has 2 aliphatic heterocycles. The summed E-state index contributed by atoms with van der Waals surface area (Å²) in [7, 11) is 0. The monoisotopic (exact) mass is 604 g/mol. The molecule has 44 heavy (non-hydrogen) atoms. The van der Waals surface area contributed by atoms with Crippen LogP contribution in [0.3, 0.4) is 0 Å². The van der Waals surface area contributed by atoms with Gasteiger partial charge in [-0.2, -0.15) is 0 Å². The van der Waals surface area contributed by atoms with Crippen LogP contribution in [0.4, 0.5) is 0 Å². The molecule has 4 rings (SSSR count). The summed E-state index contributed by atoms with van der Waals surface area (Å²) < 4.78 is 11.5. The van der Waals surface area contributed by atoms with Gasteiger partial charge in [0, 0.05) is 36.1 Å². The predicted octanol–water partition coefficient (Wildman–Crippen LogP) is 8.09. The van der Waals surface area contributed by atoms with Crippen LogP contribution in [-0.2, 0) is 0 Å². The van der Waals surface area contributed by atoms with Gasteiger partial charge in [-0.3, -0.25) is 9.59 Å². The van der Waals surface area contributed by atoms with Crippen LogP contribution in [0.2, 0.25) is 0 Å². The minimum Gasteiger partial charge on any atom is -0.494 e. The fraction of sp³-hybridized carbons (Fsp3) is 0.632. The van der Waals surface area contributed by atoms with Gasteiger partial charge in [-0.05, 0) is 126 Å². The van der Waals surface area contributed by atoms with Gasteiger partial charge in [0.25, 0.3) is 0 Å². The van der Waals surface area contributed by atoms with Gasteiger partial charge < -0.3 is 19.3 Å². The summed E-state index contributed by atoms with van der Waals surface area (Å²) in [5, 5.41) is 0. The highest BCUT2D eigenvalue weighted by Crippen LogP contribution is 2.26. The summed E-state index contributed by atoms with van der Waals surface area (Å²) in [6.45, 7) is 11.3. The maximum atomic E-state index is 14.1. The normalized spacial score (nSPS) is 18.1. The molecule has 6 heteroatoms. The van der Waals surface area contributed by atoms with Crippen molar-refractivity contribution in [3.63, 3.8) is 0 Å². The molecule has 2 fully saturated rings. The van der Waals surface area contributed by atoms with Crippen LogP contribution in [0.25, 0.3) is 0 Å². The molecule has 2 saturated heterocycles. The van der Waals surface area contributed by atoms with E-state index in [2.05, 4.69) is 23.6 Å². The highest BCUT2D eigenvalue weighted by molar-refractivity contribution is 5.99. The third kappa shape index (κ3) is 11.0. The second-order valence-electron chi connectivity index (χ2n) is 12.9. The van der Waals surface area contributed by atoms with Gasteiger partial charge in [-0.15, -0.1) is 0 Å². The summed E-state index contributed by atoms with van der Waals surface area (Å²) >= 11 is 0. The lowest BCUT2D eigenvalue weighted by Gasteiger charge is -2.29. The number of ether oxygens (including phenoxy) is 2. The van der Waals surface area contributed by atoms with E-state index in [0.29, 0.717) is 26.1 Å². The highest BCUT2D eigenvalue weighted by atomic mass is 16.5. The molecular formula is C38H56N2O4. The number of carbonyl (C=O) groups is 2. The SMILES string of the molecule is CCCOc1ccc(C(=O)C(CCC(CN2CCCCCC2)C(=O)c2ccc(OCCC)cc2)CN2CCCCCC2)cc1. The average Bonchev–Trinajstić information content (AvgIpc) is 3.49. The molecular weight excluding hydrogens is 548 g/mol. The van der Waals surface area contributed by atoms with Crippen molar-refractivity contribution in [2.45, 2.75) is 90.9 Å². The van der Waals surface area contributed by atoms with Crippen molar-refractivity contribution >= 4 is 11.6 Å². The Morgan fingerprint density at radius 2 is 0.909 bits per heavy atom. The number of hydrogen-bond donors (Lipinski definition) is 0. The molecule has 2 atom stereocenters. The first kappa shape index (κ1) is 34.2. The standard InChI is InChI=1S/C38H56N2O4/c1-3-27-43-35-19-15-31(16-20-35)37(41)33(29-39-23-9-5-6-10-24-39)13-14-34(30-40-25-11-7-8-12-26-40)38(42)32-17-21-36(22-18-32)44-28-4-2/h15-22,33-34H,3-14,23-30H2,1-2H3. The molecule has 2 heterocycles. The molecule has 0 amide bonds. The molecule has 2 aromatic rings. The zero-order valence-corrected chi connectivity index (χ0v) is 27.4. The Balaban J connectivity index is 1.52. The van der Waals surface area contributed by atoms with Crippen LogP contribution in [0.5, 0.6) is 11.5 Å². The minimum absolute atomic E-state index is 0.139. The number of likely N-dealkylation sites (tertiary alicyclic amines) is 2. The number of ketones is 2. The Bertz CT molecular complexity index is 1010. The predicted molar refractivity (Wildman–Crippen MR) is 179 cm³/mol. The first-order valence-electron chi connectivity index (χ1n) is 17.6. The number of nitrogens with zero attached hydrogens (tertiary/aromatic N) is 2. The summed E-state index contributed by atoms with van der Waals surface area (Å²) in [6.07, 6.45) is 13.2. The third-order valence-corrected chi connectivity index (χ3v) is 9.18. The lowest BCUT2D eigenvalue weighted by atomic mass is 9.86. The van der Waals surface area contributed by atoms with E-state index >= 15 is 0 Å². The molecule has 0 spiro atoms. The third-order valence-electron chi connectivity index (χ3n) is 9.18. The fourth-order valence-electron chi connectivity index (χ4n) is 6.62.